The van der Waals surface area contributed by atoms with E-state index in [1.807, 2.05) is 42.5 Å². The Morgan fingerprint density at radius 2 is 1.29 bits per heavy atom. The molecule has 34 heavy (non-hydrogen) atoms. The number of nitrogens with two attached hydrogens (primary N) is 2. The maximum absolute atomic E-state index is 12.0. The second-order valence-electron chi connectivity index (χ2n) is 6.97. The maximum Gasteiger partial charge on any atom is 1.00 e. The molecule has 12 heteroatoms. The molecule has 0 aliphatic rings. The summed E-state index contributed by atoms with van der Waals surface area (Å²) in [6.45, 7) is 0. The average Bonchev–Trinajstić information content (AvgIpc) is 2.78. The number of azo groups is 2. The van der Waals surface area contributed by atoms with E-state index in [2.05, 4.69) is 20.5 Å². The van der Waals surface area contributed by atoms with Gasteiger partial charge in [-0.2, -0.15) is 13.5 Å². The fourth-order valence-electron chi connectivity index (χ4n) is 3.03. The first kappa shape index (κ1) is 25.3. The average molecular weight is 484 g/mol. The molecule has 0 aromatic heterocycles. The summed E-state index contributed by atoms with van der Waals surface area (Å²) in [6.07, 6.45) is 0. The van der Waals surface area contributed by atoms with Crippen LogP contribution in [0.4, 0.5) is 34.1 Å². The van der Waals surface area contributed by atoms with Gasteiger partial charge in [-0.1, -0.05) is 48.2 Å². The van der Waals surface area contributed by atoms with Gasteiger partial charge in [0.05, 0.1) is 27.6 Å². The Kier molecular flexibility index (Phi) is 7.64. The van der Waals surface area contributed by atoms with Crippen LogP contribution in [0, 0.1) is 0 Å². The van der Waals surface area contributed by atoms with Gasteiger partial charge in [0.15, 0.2) is 0 Å². The van der Waals surface area contributed by atoms with Crippen molar-refractivity contribution < 1.29 is 47.6 Å². The first-order chi connectivity index (χ1) is 15.7. The molecule has 0 aliphatic carbocycles. The van der Waals surface area contributed by atoms with E-state index in [1.165, 1.54) is 12.1 Å². The van der Waals surface area contributed by atoms with Crippen molar-refractivity contribution in [3.8, 4) is 5.75 Å². The van der Waals surface area contributed by atoms with Gasteiger partial charge in [-0.25, -0.2) is 0 Å². The van der Waals surface area contributed by atoms with Crippen molar-refractivity contribution in [1.82, 2.24) is 0 Å². The standard InChI is InChI=1S/C22H18N6O4S.Na/c23-16-11-17(24)20(27-28-21-10-14(33(30,31)32)8-9-22(21)29)12-19(16)26-25-18-7-3-5-13-4-1-2-6-15(13)18;/h1-12,29H,23-24H2,(H,30,31,32);/q;+1/p-1. The zero-order chi connectivity index (χ0) is 23.6. The van der Waals surface area contributed by atoms with E-state index >= 15 is 0 Å². The molecule has 0 atom stereocenters. The zero-order valence-corrected chi connectivity index (χ0v) is 20.8. The van der Waals surface area contributed by atoms with Crippen molar-refractivity contribution in [1.29, 1.82) is 0 Å². The van der Waals surface area contributed by atoms with Gasteiger partial charge in [-0.3, -0.25) is 4.55 Å². The normalized spacial score (nSPS) is 11.8. The molecule has 0 fully saturated rings. The third-order valence-corrected chi connectivity index (χ3v) is 5.55. The molecule has 166 valence electrons. The van der Waals surface area contributed by atoms with E-state index in [0.717, 1.165) is 29.0 Å². The van der Waals surface area contributed by atoms with Crippen LogP contribution in [-0.2, 0) is 10.1 Å². The Morgan fingerprint density at radius 1 is 0.706 bits per heavy atom. The van der Waals surface area contributed by atoms with Crippen molar-refractivity contribution in [2.24, 2.45) is 20.5 Å². The molecule has 4 aromatic carbocycles. The third kappa shape index (κ3) is 5.58. The second kappa shape index (κ2) is 10.3. The maximum atomic E-state index is 12.0. The third-order valence-electron chi connectivity index (χ3n) is 4.70. The van der Waals surface area contributed by atoms with E-state index in [0.29, 0.717) is 5.69 Å². The van der Waals surface area contributed by atoms with Gasteiger partial charge in [-0.15, -0.1) is 15.3 Å². The molecule has 0 saturated carbocycles. The first-order valence-electron chi connectivity index (χ1n) is 9.51. The monoisotopic (exact) mass is 484 g/mol. The number of fused-ring (bicyclic) bond motifs is 1. The molecule has 10 nitrogen and oxygen atoms in total. The molecule has 4 aromatic rings. The molecule has 0 bridgehead atoms. The number of hydrogen-bond acceptors (Lipinski definition) is 9. The minimum atomic E-state index is -4.50. The predicted molar refractivity (Wildman–Crippen MR) is 123 cm³/mol. The van der Waals surface area contributed by atoms with Crippen LogP contribution in [0.5, 0.6) is 5.75 Å². The molecular formula is C22H17N6NaO4S. The van der Waals surface area contributed by atoms with Crippen LogP contribution in [0.3, 0.4) is 0 Å². The summed E-state index contributed by atoms with van der Waals surface area (Å²) in [4.78, 5) is -0.481. The van der Waals surface area contributed by atoms with E-state index in [-0.39, 0.29) is 58.0 Å². The van der Waals surface area contributed by atoms with Crippen molar-refractivity contribution in [2.45, 2.75) is 4.90 Å². The summed E-state index contributed by atoms with van der Waals surface area (Å²) in [6, 6.07) is 19.1. The van der Waals surface area contributed by atoms with Crippen LogP contribution >= 0.6 is 0 Å². The Labute approximate surface area is 217 Å². The molecular weight excluding hydrogens is 467 g/mol. The Morgan fingerprint density at radius 3 is 1.97 bits per heavy atom. The summed E-state index contributed by atoms with van der Waals surface area (Å²) in [5, 5.41) is 30.1. The fourth-order valence-corrected chi connectivity index (χ4v) is 3.53. The predicted octanol–water partition coefficient (Wildman–Crippen LogP) is 2.16. The molecule has 4 rings (SSSR count). The van der Waals surface area contributed by atoms with Crippen molar-refractivity contribution in [2.75, 3.05) is 11.5 Å². The first-order valence-corrected chi connectivity index (χ1v) is 11.0. The number of nitrogen functional groups attached to an aromatic ring is 2. The van der Waals surface area contributed by atoms with Crippen molar-refractivity contribution in [3.63, 3.8) is 0 Å². The van der Waals surface area contributed by atoms with Gasteiger partial charge in [0.1, 0.15) is 11.4 Å². The number of anilines is 2. The molecule has 0 spiro atoms. The smallest absolute Gasteiger partial charge is 0.871 e. The quantitative estimate of drug-likeness (QED) is 0.169. The van der Waals surface area contributed by atoms with Crippen molar-refractivity contribution >= 4 is 55.0 Å². The molecule has 0 unspecified atom stereocenters. The number of nitrogens with zero attached hydrogens (tertiary/aromatic N) is 4. The van der Waals surface area contributed by atoms with Crippen LogP contribution in [-0.4, -0.2) is 13.0 Å². The van der Waals surface area contributed by atoms with E-state index in [1.54, 1.807) is 0 Å². The van der Waals surface area contributed by atoms with Gasteiger partial charge in [-0.05, 0) is 35.7 Å². The summed E-state index contributed by atoms with van der Waals surface area (Å²) in [7, 11) is -4.50. The van der Waals surface area contributed by atoms with Gasteiger partial charge in [0.25, 0.3) is 10.1 Å². The van der Waals surface area contributed by atoms with Crippen LogP contribution in [0.1, 0.15) is 0 Å². The summed E-state index contributed by atoms with van der Waals surface area (Å²) in [5.74, 6) is -0.587. The molecule has 5 N–H and O–H groups in total. The van der Waals surface area contributed by atoms with E-state index in [9.17, 15) is 13.5 Å². The Balaban J connectivity index is 0.00000324. The topological polar surface area (TPSA) is 179 Å². The summed E-state index contributed by atoms with van der Waals surface area (Å²) in [5.41, 5.74) is 13.2. The zero-order valence-electron chi connectivity index (χ0n) is 18.0. The van der Waals surface area contributed by atoms with Crippen molar-refractivity contribution in [3.05, 3.63) is 72.8 Å². The largest absolute Gasteiger partial charge is 1.00 e. The Hall–Kier alpha value is -3.35. The van der Waals surface area contributed by atoms with E-state index < -0.39 is 20.8 Å². The van der Waals surface area contributed by atoms with Crippen LogP contribution in [0.2, 0.25) is 0 Å². The molecule has 0 radical (unpaired) electrons. The Bertz CT molecular complexity index is 1530. The second-order valence-corrected chi connectivity index (χ2v) is 8.39. The SMILES string of the molecule is Nc1cc(N)c(N=Nc2cccc3ccccc23)cc1N=Nc1cc(S(=O)(=O)O)ccc1[O-].[Na+]. The van der Waals surface area contributed by atoms with Crippen LogP contribution in [0.15, 0.2) is 98.1 Å². The van der Waals surface area contributed by atoms with Gasteiger partial charge in [0.2, 0.25) is 0 Å². The number of benzene rings is 4. The molecule has 0 aliphatic heterocycles. The van der Waals surface area contributed by atoms with E-state index in [4.69, 9.17) is 16.0 Å². The fraction of sp³-hybridized carbons (Fsp3) is 0. The molecule has 0 saturated heterocycles. The van der Waals surface area contributed by atoms with Gasteiger partial charge in [0, 0.05) is 5.39 Å². The molecule has 0 amide bonds. The van der Waals surface area contributed by atoms with Gasteiger partial charge >= 0.3 is 29.6 Å². The number of hydrogen-bond donors (Lipinski definition) is 3. The van der Waals surface area contributed by atoms with Crippen LogP contribution in [0.25, 0.3) is 10.8 Å². The summed E-state index contributed by atoms with van der Waals surface area (Å²) < 4.78 is 31.8. The minimum Gasteiger partial charge on any atom is -0.871 e. The van der Waals surface area contributed by atoms with Gasteiger partial charge < -0.3 is 16.6 Å². The number of rotatable bonds is 5. The molecule has 0 heterocycles. The van der Waals surface area contributed by atoms with Crippen LogP contribution < -0.4 is 46.1 Å². The summed E-state index contributed by atoms with van der Waals surface area (Å²) >= 11 is 0. The minimum absolute atomic E-state index is 0.